The quantitative estimate of drug-likeness (QED) is 0.615. The molecule has 0 radical (unpaired) electrons. The van der Waals surface area contributed by atoms with Crippen LogP contribution < -0.4 is 9.64 Å². The van der Waals surface area contributed by atoms with Crippen molar-refractivity contribution in [2.75, 3.05) is 39.2 Å². The molecule has 0 aliphatic rings. The highest BCUT2D eigenvalue weighted by Gasteiger charge is 2.22. The Morgan fingerprint density at radius 1 is 1.19 bits per heavy atom. The predicted octanol–water partition coefficient (Wildman–Crippen LogP) is 4.07. The Bertz CT molecular complexity index is 932. The number of aromatic nitrogens is 1. The first-order valence-electron chi connectivity index (χ1n) is 8.14. The number of fused-ring (bicyclic) bond motifs is 1. The molecule has 1 heterocycles. The number of amides is 1. The van der Waals surface area contributed by atoms with Crippen molar-refractivity contribution in [3.8, 4) is 5.75 Å². The van der Waals surface area contributed by atoms with Gasteiger partial charge in [-0.05, 0) is 50.5 Å². The van der Waals surface area contributed by atoms with Crippen LogP contribution in [-0.2, 0) is 0 Å². The number of hydrogen-bond acceptors (Lipinski definition) is 5. The molecule has 1 aromatic heterocycles. The zero-order valence-electron chi connectivity index (χ0n) is 15.3. The van der Waals surface area contributed by atoms with Gasteiger partial charge in [0.1, 0.15) is 11.6 Å². The highest BCUT2D eigenvalue weighted by Crippen LogP contribution is 2.30. The van der Waals surface area contributed by atoms with Crippen LogP contribution in [0, 0.1) is 5.82 Å². The number of ether oxygens (including phenoxy) is 1. The molecule has 27 heavy (non-hydrogen) atoms. The summed E-state index contributed by atoms with van der Waals surface area (Å²) < 4.78 is 19.4. The second-order valence-electron chi connectivity index (χ2n) is 6.10. The summed E-state index contributed by atoms with van der Waals surface area (Å²) in [5, 5.41) is 0.556. The number of nitrogens with zero attached hydrogens (tertiary/aromatic N) is 3. The lowest BCUT2D eigenvalue weighted by Crippen LogP contribution is -2.36. The third-order valence-electron chi connectivity index (χ3n) is 3.90. The number of carbonyl (C=O) groups excluding carboxylic acids is 1. The normalized spacial score (nSPS) is 10.7. The highest BCUT2D eigenvalue weighted by molar-refractivity contribution is 7.22. The number of benzene rings is 2. The van der Waals surface area contributed by atoms with E-state index in [2.05, 4.69) is 4.98 Å². The number of methoxy groups -OCH3 is 1. The maximum atomic E-state index is 13.5. The van der Waals surface area contributed by atoms with Crippen molar-refractivity contribution in [2.45, 2.75) is 0 Å². The lowest BCUT2D eigenvalue weighted by Gasteiger charge is -2.22. The number of rotatable bonds is 6. The van der Waals surface area contributed by atoms with Crippen LogP contribution in [0.15, 0.2) is 42.5 Å². The minimum Gasteiger partial charge on any atom is -0.497 e. The zero-order valence-corrected chi connectivity index (χ0v) is 16.9. The number of likely N-dealkylation sites (N-methyl/N-ethyl adjacent to an activating group) is 1. The lowest BCUT2D eigenvalue weighted by molar-refractivity contribution is 0.0985. The van der Waals surface area contributed by atoms with E-state index in [1.165, 1.54) is 23.5 Å². The summed E-state index contributed by atoms with van der Waals surface area (Å²) in [5.41, 5.74) is 1.20. The molecule has 0 saturated heterocycles. The van der Waals surface area contributed by atoms with Gasteiger partial charge in [-0.15, -0.1) is 12.4 Å². The Labute approximate surface area is 167 Å². The molecule has 0 aliphatic carbocycles. The fraction of sp³-hybridized carbons (Fsp3) is 0.263. The van der Waals surface area contributed by atoms with E-state index in [0.717, 1.165) is 0 Å². The van der Waals surface area contributed by atoms with Gasteiger partial charge in [0.25, 0.3) is 5.91 Å². The molecule has 144 valence electrons. The molecule has 8 heteroatoms. The molecule has 0 atom stereocenters. The van der Waals surface area contributed by atoms with Crippen molar-refractivity contribution in [1.29, 1.82) is 0 Å². The lowest BCUT2D eigenvalue weighted by atomic mass is 10.2. The van der Waals surface area contributed by atoms with Crippen LogP contribution in [0.5, 0.6) is 5.75 Å². The summed E-state index contributed by atoms with van der Waals surface area (Å²) >= 11 is 1.31. The molecule has 0 N–H and O–H groups in total. The van der Waals surface area contributed by atoms with Crippen molar-refractivity contribution in [1.82, 2.24) is 9.88 Å². The van der Waals surface area contributed by atoms with Gasteiger partial charge in [-0.3, -0.25) is 9.69 Å². The molecule has 0 bridgehead atoms. The van der Waals surface area contributed by atoms with E-state index < -0.39 is 0 Å². The fourth-order valence-corrected chi connectivity index (χ4v) is 3.51. The molecule has 3 rings (SSSR count). The minimum atomic E-state index is -0.313. The van der Waals surface area contributed by atoms with Crippen LogP contribution in [0.1, 0.15) is 10.4 Å². The van der Waals surface area contributed by atoms with Crippen molar-refractivity contribution < 1.29 is 13.9 Å². The fourth-order valence-electron chi connectivity index (χ4n) is 2.50. The van der Waals surface area contributed by atoms with E-state index in [-0.39, 0.29) is 24.1 Å². The van der Waals surface area contributed by atoms with E-state index in [4.69, 9.17) is 4.74 Å². The highest BCUT2D eigenvalue weighted by atomic mass is 35.5. The van der Waals surface area contributed by atoms with Crippen molar-refractivity contribution in [3.05, 3.63) is 53.8 Å². The van der Waals surface area contributed by atoms with Crippen molar-refractivity contribution in [3.63, 3.8) is 0 Å². The Kier molecular flexibility index (Phi) is 7.12. The third-order valence-corrected chi connectivity index (χ3v) is 4.94. The third kappa shape index (κ3) is 4.94. The first-order chi connectivity index (χ1) is 12.5. The molecular weight excluding hydrogens is 389 g/mol. The van der Waals surface area contributed by atoms with E-state index in [1.54, 1.807) is 42.3 Å². The monoisotopic (exact) mass is 409 g/mol. The minimum absolute atomic E-state index is 0. The summed E-state index contributed by atoms with van der Waals surface area (Å²) in [6.45, 7) is 1.16. The maximum Gasteiger partial charge on any atom is 0.260 e. The van der Waals surface area contributed by atoms with E-state index in [9.17, 15) is 9.18 Å². The van der Waals surface area contributed by atoms with Crippen molar-refractivity contribution in [2.24, 2.45) is 0 Å². The molecule has 2 aromatic carbocycles. The van der Waals surface area contributed by atoms with Gasteiger partial charge in [0, 0.05) is 18.7 Å². The van der Waals surface area contributed by atoms with Gasteiger partial charge in [0.05, 0.1) is 17.3 Å². The Balaban J connectivity index is 0.00000261. The van der Waals surface area contributed by atoms with Gasteiger partial charge >= 0.3 is 0 Å². The predicted molar refractivity (Wildman–Crippen MR) is 110 cm³/mol. The summed E-state index contributed by atoms with van der Waals surface area (Å²) in [6, 6.07) is 11.5. The smallest absolute Gasteiger partial charge is 0.260 e. The number of anilines is 1. The first kappa shape index (κ1) is 21.1. The summed E-state index contributed by atoms with van der Waals surface area (Å²) in [4.78, 5) is 21.3. The van der Waals surface area contributed by atoms with Gasteiger partial charge in [-0.1, -0.05) is 17.4 Å². The molecule has 5 nitrogen and oxygen atoms in total. The molecule has 3 aromatic rings. The van der Waals surface area contributed by atoms with Crippen LogP contribution in [0.3, 0.4) is 0 Å². The van der Waals surface area contributed by atoms with E-state index >= 15 is 0 Å². The molecule has 0 unspecified atom stereocenters. The second-order valence-corrected chi connectivity index (χ2v) is 7.11. The molecule has 0 spiro atoms. The molecule has 0 aliphatic heterocycles. The van der Waals surface area contributed by atoms with Gasteiger partial charge in [-0.25, -0.2) is 9.37 Å². The van der Waals surface area contributed by atoms with Gasteiger partial charge in [0.15, 0.2) is 5.13 Å². The summed E-state index contributed by atoms with van der Waals surface area (Å²) in [7, 11) is 5.46. The SMILES string of the molecule is COc1cccc(C(=O)N(CCN(C)C)c2nc3ccc(F)cc3s2)c1.Cl. The molecule has 1 amide bonds. The summed E-state index contributed by atoms with van der Waals surface area (Å²) in [5.74, 6) is 0.145. The number of carbonyl (C=O) groups is 1. The number of hydrogen-bond donors (Lipinski definition) is 0. The Morgan fingerprint density at radius 3 is 2.67 bits per heavy atom. The average molecular weight is 410 g/mol. The van der Waals surface area contributed by atoms with Crippen LogP contribution in [0.4, 0.5) is 9.52 Å². The first-order valence-corrected chi connectivity index (χ1v) is 8.96. The topological polar surface area (TPSA) is 45.7 Å². The van der Waals surface area contributed by atoms with E-state index in [0.29, 0.717) is 39.8 Å². The van der Waals surface area contributed by atoms with Gasteiger partial charge in [-0.2, -0.15) is 0 Å². The van der Waals surface area contributed by atoms with Crippen LogP contribution in [0.2, 0.25) is 0 Å². The van der Waals surface area contributed by atoms with Crippen LogP contribution >= 0.6 is 23.7 Å². The van der Waals surface area contributed by atoms with Gasteiger partial charge < -0.3 is 9.64 Å². The van der Waals surface area contributed by atoms with Crippen LogP contribution in [-0.4, -0.2) is 50.1 Å². The van der Waals surface area contributed by atoms with Crippen LogP contribution in [0.25, 0.3) is 10.2 Å². The summed E-state index contributed by atoms with van der Waals surface area (Å²) in [6.07, 6.45) is 0. The molecular formula is C19H21ClFN3O2S. The number of thiazole rings is 1. The molecule has 0 fully saturated rings. The Hall–Kier alpha value is -2.22. The largest absolute Gasteiger partial charge is 0.497 e. The number of halogens is 2. The second kappa shape index (κ2) is 9.12. The van der Waals surface area contributed by atoms with Crippen molar-refractivity contribution >= 4 is 45.0 Å². The Morgan fingerprint density at radius 2 is 1.96 bits per heavy atom. The zero-order chi connectivity index (χ0) is 18.7. The van der Waals surface area contributed by atoms with E-state index in [1.807, 2.05) is 19.0 Å². The van der Waals surface area contributed by atoms with Gasteiger partial charge in [0.2, 0.25) is 0 Å². The standard InChI is InChI=1S/C19H20FN3O2S.ClH/c1-22(2)9-10-23(18(24)13-5-4-6-15(11-13)25-3)19-21-16-8-7-14(20)12-17(16)26-19;/h4-8,11-12H,9-10H2,1-3H3;1H. The average Bonchev–Trinajstić information content (AvgIpc) is 3.04. The maximum absolute atomic E-state index is 13.5. The molecule has 0 saturated carbocycles.